The number of nitrogens with one attached hydrogen (secondary N) is 1. The lowest BCUT2D eigenvalue weighted by atomic mass is 10.2. The van der Waals surface area contributed by atoms with Gasteiger partial charge in [-0.05, 0) is 13.8 Å². The summed E-state index contributed by atoms with van der Waals surface area (Å²) in [5, 5.41) is 6.84. The molecule has 0 saturated carbocycles. The van der Waals surface area contributed by atoms with Crippen molar-refractivity contribution in [2.75, 3.05) is 31.5 Å². The Labute approximate surface area is 138 Å². The number of aromatic nitrogens is 3. The van der Waals surface area contributed by atoms with Crippen LogP contribution in [-0.4, -0.2) is 63.4 Å². The molecule has 126 valence electrons. The van der Waals surface area contributed by atoms with Gasteiger partial charge in [0.15, 0.2) is 5.82 Å². The van der Waals surface area contributed by atoms with Crippen LogP contribution in [0.25, 0.3) is 0 Å². The summed E-state index contributed by atoms with van der Waals surface area (Å²) >= 11 is 0. The van der Waals surface area contributed by atoms with Crippen molar-refractivity contribution in [3.05, 3.63) is 29.4 Å². The summed E-state index contributed by atoms with van der Waals surface area (Å²) in [5.74, 6) is 1.97. The van der Waals surface area contributed by atoms with Gasteiger partial charge < -0.3 is 19.6 Å². The van der Waals surface area contributed by atoms with Crippen molar-refractivity contribution in [1.29, 1.82) is 0 Å². The van der Waals surface area contributed by atoms with E-state index in [0.717, 1.165) is 6.41 Å². The summed E-state index contributed by atoms with van der Waals surface area (Å²) in [6.07, 6.45) is 0.804. The Bertz CT molecular complexity index is 751. The van der Waals surface area contributed by atoms with Crippen LogP contribution < -0.4 is 5.32 Å². The molecule has 1 saturated heterocycles. The molecule has 0 radical (unpaired) electrons. The quantitative estimate of drug-likeness (QED) is 0.824. The lowest BCUT2D eigenvalue weighted by Gasteiger charge is -2.32. The maximum absolute atomic E-state index is 12.6. The molecule has 1 fully saturated rings. The van der Waals surface area contributed by atoms with Crippen LogP contribution in [0.2, 0.25) is 0 Å². The van der Waals surface area contributed by atoms with Crippen molar-refractivity contribution in [3.8, 4) is 0 Å². The Hall–Kier alpha value is -2.97. The predicted octanol–water partition coefficient (Wildman–Crippen LogP) is 0.739. The van der Waals surface area contributed by atoms with Crippen LogP contribution in [0.1, 0.15) is 22.1 Å². The topological polar surface area (TPSA) is 104 Å². The van der Waals surface area contributed by atoms with Crippen molar-refractivity contribution in [1.82, 2.24) is 24.9 Å². The molecule has 9 nitrogen and oxygen atoms in total. The summed E-state index contributed by atoms with van der Waals surface area (Å²) < 4.78 is 5.00. The second-order valence-electron chi connectivity index (χ2n) is 5.57. The van der Waals surface area contributed by atoms with Crippen molar-refractivity contribution >= 4 is 24.0 Å². The fourth-order valence-corrected chi connectivity index (χ4v) is 2.49. The molecule has 0 bridgehead atoms. The van der Waals surface area contributed by atoms with Gasteiger partial charge in [0.25, 0.3) is 5.91 Å². The Balaban J connectivity index is 1.75. The molecule has 2 aromatic heterocycles. The first-order valence-corrected chi connectivity index (χ1v) is 7.60. The highest BCUT2D eigenvalue weighted by Gasteiger charge is 2.23. The van der Waals surface area contributed by atoms with Crippen LogP contribution in [0.5, 0.6) is 0 Å². The van der Waals surface area contributed by atoms with Gasteiger partial charge in [0.05, 0.1) is 0 Å². The summed E-state index contributed by atoms with van der Waals surface area (Å²) in [5.41, 5.74) is 0.310. The summed E-state index contributed by atoms with van der Waals surface area (Å²) in [7, 11) is 0. The summed E-state index contributed by atoms with van der Waals surface area (Å²) in [6, 6.07) is 3.32. The van der Waals surface area contributed by atoms with Crippen LogP contribution in [0.4, 0.5) is 11.6 Å². The van der Waals surface area contributed by atoms with E-state index in [2.05, 4.69) is 20.4 Å². The third-order valence-corrected chi connectivity index (χ3v) is 3.69. The van der Waals surface area contributed by atoms with Gasteiger partial charge in [-0.2, -0.15) is 0 Å². The number of carbonyl (C=O) groups excluding carboxylic acids is 2. The van der Waals surface area contributed by atoms with Gasteiger partial charge in [0.1, 0.15) is 23.1 Å². The molecule has 24 heavy (non-hydrogen) atoms. The van der Waals surface area contributed by atoms with E-state index >= 15 is 0 Å². The molecule has 2 amide bonds. The Kier molecular flexibility index (Phi) is 4.41. The molecule has 9 heteroatoms. The number of nitrogens with zero attached hydrogens (tertiary/aromatic N) is 5. The molecule has 0 atom stereocenters. The van der Waals surface area contributed by atoms with E-state index in [-0.39, 0.29) is 5.91 Å². The maximum Gasteiger partial charge on any atom is 0.272 e. The molecule has 1 aliphatic rings. The molecule has 3 heterocycles. The van der Waals surface area contributed by atoms with Gasteiger partial charge in [-0.3, -0.25) is 9.59 Å². The largest absolute Gasteiger partial charge is 0.360 e. The van der Waals surface area contributed by atoms with Crippen LogP contribution in [0.3, 0.4) is 0 Å². The van der Waals surface area contributed by atoms with E-state index in [9.17, 15) is 9.59 Å². The lowest BCUT2D eigenvalue weighted by Crippen LogP contribution is -2.48. The molecule has 1 N–H and O–H groups in total. The van der Waals surface area contributed by atoms with Gasteiger partial charge >= 0.3 is 0 Å². The fourth-order valence-electron chi connectivity index (χ4n) is 2.49. The smallest absolute Gasteiger partial charge is 0.272 e. The van der Waals surface area contributed by atoms with Crippen molar-refractivity contribution < 1.29 is 14.1 Å². The first kappa shape index (κ1) is 15.9. The minimum Gasteiger partial charge on any atom is -0.360 e. The second-order valence-corrected chi connectivity index (χ2v) is 5.57. The molecule has 0 unspecified atom stereocenters. The molecular weight excluding hydrogens is 312 g/mol. The third-order valence-electron chi connectivity index (χ3n) is 3.69. The zero-order valence-corrected chi connectivity index (χ0v) is 13.5. The minimum absolute atomic E-state index is 0.176. The van der Waals surface area contributed by atoms with Crippen molar-refractivity contribution in [2.45, 2.75) is 13.8 Å². The van der Waals surface area contributed by atoms with Crippen LogP contribution in [0.15, 0.2) is 16.7 Å². The van der Waals surface area contributed by atoms with Crippen LogP contribution >= 0.6 is 0 Å². The third kappa shape index (κ3) is 3.50. The molecule has 3 rings (SSSR count). The van der Waals surface area contributed by atoms with E-state index < -0.39 is 0 Å². The second kappa shape index (κ2) is 6.65. The molecule has 1 aliphatic heterocycles. The monoisotopic (exact) mass is 330 g/mol. The first-order valence-electron chi connectivity index (χ1n) is 7.60. The number of rotatable bonds is 4. The predicted molar refractivity (Wildman–Crippen MR) is 84.8 cm³/mol. The standard InChI is InChI=1S/C15H18N6O3/c1-10-7-14(19-24-10)18-13-8-12(16-11(2)17-13)15(23)21-5-3-20(9-22)4-6-21/h7-9H,3-6H2,1-2H3,(H,16,17,18,19). The fraction of sp³-hybridized carbons (Fsp3) is 0.400. The number of amides is 2. The van der Waals surface area contributed by atoms with E-state index in [1.807, 2.05) is 0 Å². The van der Waals surface area contributed by atoms with Crippen LogP contribution in [-0.2, 0) is 4.79 Å². The SMILES string of the molecule is Cc1nc(Nc2cc(C)on2)cc(C(=O)N2CCN(C=O)CC2)n1. The van der Waals surface area contributed by atoms with Gasteiger partial charge in [-0.25, -0.2) is 9.97 Å². The number of anilines is 2. The summed E-state index contributed by atoms with van der Waals surface area (Å²) in [4.78, 5) is 35.2. The van der Waals surface area contributed by atoms with Crippen molar-refractivity contribution in [3.63, 3.8) is 0 Å². The van der Waals surface area contributed by atoms with E-state index in [1.54, 1.807) is 35.8 Å². The number of piperazine rings is 1. The van der Waals surface area contributed by atoms with E-state index in [4.69, 9.17) is 4.52 Å². The van der Waals surface area contributed by atoms with E-state index in [0.29, 0.717) is 55.1 Å². The number of aryl methyl sites for hydroxylation is 2. The van der Waals surface area contributed by atoms with Gasteiger partial charge in [0, 0.05) is 38.3 Å². The average Bonchev–Trinajstić information content (AvgIpc) is 2.98. The minimum atomic E-state index is -0.176. The zero-order valence-electron chi connectivity index (χ0n) is 13.5. The van der Waals surface area contributed by atoms with E-state index in [1.165, 1.54) is 0 Å². The Morgan fingerprint density at radius 2 is 1.92 bits per heavy atom. The Morgan fingerprint density at radius 3 is 2.54 bits per heavy atom. The summed E-state index contributed by atoms with van der Waals surface area (Å²) in [6.45, 7) is 5.56. The highest BCUT2D eigenvalue weighted by molar-refractivity contribution is 5.93. The maximum atomic E-state index is 12.6. The van der Waals surface area contributed by atoms with Gasteiger partial charge in [0.2, 0.25) is 6.41 Å². The average molecular weight is 330 g/mol. The van der Waals surface area contributed by atoms with Crippen LogP contribution in [0, 0.1) is 13.8 Å². The Morgan fingerprint density at radius 1 is 1.17 bits per heavy atom. The zero-order chi connectivity index (χ0) is 17.1. The lowest BCUT2D eigenvalue weighted by molar-refractivity contribution is -0.119. The number of hydrogen-bond acceptors (Lipinski definition) is 7. The highest BCUT2D eigenvalue weighted by Crippen LogP contribution is 2.16. The molecule has 0 aliphatic carbocycles. The normalized spacial score (nSPS) is 14.6. The van der Waals surface area contributed by atoms with Crippen molar-refractivity contribution in [2.24, 2.45) is 0 Å². The van der Waals surface area contributed by atoms with Gasteiger partial charge in [-0.15, -0.1) is 0 Å². The highest BCUT2D eigenvalue weighted by atomic mass is 16.5. The first-order chi connectivity index (χ1) is 11.5. The van der Waals surface area contributed by atoms with Gasteiger partial charge in [-0.1, -0.05) is 5.16 Å². The number of hydrogen-bond donors (Lipinski definition) is 1. The molecule has 0 aromatic carbocycles. The molecule has 0 spiro atoms. The molecular formula is C15H18N6O3. The molecule has 2 aromatic rings. The number of carbonyl (C=O) groups is 2.